The Balaban J connectivity index is 3.94. The van der Waals surface area contributed by atoms with Crippen LogP contribution in [0.1, 0.15) is 13.3 Å². The van der Waals surface area contributed by atoms with Gasteiger partial charge in [0.1, 0.15) is 0 Å². The maximum absolute atomic E-state index is 11.0. The molecule has 13 heavy (non-hydrogen) atoms. The van der Waals surface area contributed by atoms with Crippen molar-refractivity contribution < 1.29 is 14.3 Å². The second kappa shape index (κ2) is 6.06. The first-order valence-corrected chi connectivity index (χ1v) is 3.98. The maximum Gasteiger partial charge on any atom is 0.307 e. The highest BCUT2D eigenvalue weighted by Crippen LogP contribution is 1.93. The number of hydrogen-bond donors (Lipinski definition) is 0. The molecule has 0 aromatic heterocycles. The lowest BCUT2D eigenvalue weighted by Gasteiger charge is -2.16. The van der Waals surface area contributed by atoms with Gasteiger partial charge in [-0.05, 0) is 12.8 Å². The summed E-state index contributed by atoms with van der Waals surface area (Å²) < 4.78 is 4.43. The van der Waals surface area contributed by atoms with Gasteiger partial charge in [-0.3, -0.25) is 9.59 Å². The summed E-state index contributed by atoms with van der Waals surface area (Å²) in [6.45, 7) is 2.61. The Morgan fingerprint density at radius 3 is 2.54 bits per heavy atom. The lowest BCUT2D eigenvalue weighted by atomic mass is 10.3. The van der Waals surface area contributed by atoms with Crippen molar-refractivity contribution in [1.29, 1.82) is 0 Å². The summed E-state index contributed by atoms with van der Waals surface area (Å²) in [4.78, 5) is 23.1. The topological polar surface area (TPSA) is 46.6 Å². The summed E-state index contributed by atoms with van der Waals surface area (Å²) in [7, 11) is 1.31. The minimum Gasteiger partial charge on any atom is -0.469 e. The Morgan fingerprint density at radius 2 is 2.15 bits per heavy atom. The van der Waals surface area contributed by atoms with Gasteiger partial charge >= 0.3 is 5.97 Å². The van der Waals surface area contributed by atoms with Crippen LogP contribution in [0.4, 0.5) is 0 Å². The second-order valence-corrected chi connectivity index (χ2v) is 2.36. The van der Waals surface area contributed by atoms with E-state index >= 15 is 0 Å². The molecule has 0 aromatic rings. The number of carbonyl (C=O) groups excluding carboxylic acids is 2. The third-order valence-electron chi connectivity index (χ3n) is 1.61. The van der Waals surface area contributed by atoms with Crippen molar-refractivity contribution in [2.75, 3.05) is 20.2 Å². The van der Waals surface area contributed by atoms with Crippen molar-refractivity contribution in [2.45, 2.75) is 13.3 Å². The average molecular weight is 183 g/mol. The van der Waals surface area contributed by atoms with Gasteiger partial charge in [-0.1, -0.05) is 0 Å². The molecule has 0 radical (unpaired) electrons. The largest absolute Gasteiger partial charge is 0.469 e. The normalized spacial score (nSPS) is 8.69. The summed E-state index contributed by atoms with van der Waals surface area (Å²) in [6, 6.07) is 0. The van der Waals surface area contributed by atoms with Crippen molar-refractivity contribution in [3.63, 3.8) is 0 Å². The second-order valence-electron chi connectivity index (χ2n) is 2.36. The van der Waals surface area contributed by atoms with Crippen molar-refractivity contribution in [3.05, 3.63) is 0 Å². The van der Waals surface area contributed by atoms with Crippen LogP contribution in [-0.4, -0.2) is 37.0 Å². The minimum atomic E-state index is -0.397. The van der Waals surface area contributed by atoms with Gasteiger partial charge in [-0.25, -0.2) is 0 Å². The van der Waals surface area contributed by atoms with E-state index in [2.05, 4.69) is 4.74 Å². The Hall–Kier alpha value is -1.50. The highest BCUT2D eigenvalue weighted by molar-refractivity contribution is 5.93. The molecule has 0 unspecified atom stereocenters. The lowest BCUT2D eigenvalue weighted by Crippen LogP contribution is -2.31. The molecule has 4 heteroatoms. The molecule has 0 aromatic carbocycles. The third kappa shape index (κ3) is 4.16. The van der Waals surface area contributed by atoms with Crippen LogP contribution in [0.15, 0.2) is 0 Å². The van der Waals surface area contributed by atoms with Crippen molar-refractivity contribution >= 4 is 11.9 Å². The van der Waals surface area contributed by atoms with Gasteiger partial charge in [0.15, 0.2) is 0 Å². The van der Waals surface area contributed by atoms with E-state index < -0.39 is 5.91 Å². The standard InChI is InChI=1S/C9H13NO3/c1-4-8(11)10(5-2)7-6-9(12)13-3/h1H,5-7H2,2-3H3. The number of hydrogen-bond acceptors (Lipinski definition) is 3. The molecule has 0 N–H and O–H groups in total. The number of carbonyl (C=O) groups is 2. The van der Waals surface area contributed by atoms with E-state index in [4.69, 9.17) is 6.42 Å². The molecule has 4 nitrogen and oxygen atoms in total. The molecule has 0 bridgehead atoms. The van der Waals surface area contributed by atoms with E-state index in [-0.39, 0.29) is 12.4 Å². The quantitative estimate of drug-likeness (QED) is 0.456. The van der Waals surface area contributed by atoms with Crippen LogP contribution < -0.4 is 0 Å². The Kier molecular flexibility index (Phi) is 5.37. The number of rotatable bonds is 4. The molecular weight excluding hydrogens is 170 g/mol. The summed E-state index contributed by atoms with van der Waals surface area (Å²) in [5, 5.41) is 0. The van der Waals surface area contributed by atoms with Gasteiger partial charge in [0.05, 0.1) is 13.5 Å². The Labute approximate surface area is 77.9 Å². The van der Waals surface area contributed by atoms with Crippen molar-refractivity contribution in [1.82, 2.24) is 4.90 Å². The number of esters is 1. The van der Waals surface area contributed by atoms with E-state index in [9.17, 15) is 9.59 Å². The van der Waals surface area contributed by atoms with Gasteiger partial charge in [0.2, 0.25) is 0 Å². The number of methoxy groups -OCH3 is 1. The monoisotopic (exact) mass is 183 g/mol. The van der Waals surface area contributed by atoms with Crippen LogP contribution >= 0.6 is 0 Å². The van der Waals surface area contributed by atoms with Crippen LogP contribution in [0.5, 0.6) is 0 Å². The molecule has 0 aliphatic carbocycles. The van der Waals surface area contributed by atoms with Crippen LogP contribution in [0, 0.1) is 12.3 Å². The van der Waals surface area contributed by atoms with Gasteiger partial charge in [-0.15, -0.1) is 6.42 Å². The average Bonchev–Trinajstić information content (AvgIpc) is 2.17. The molecular formula is C9H13NO3. The Morgan fingerprint density at radius 1 is 1.54 bits per heavy atom. The fourth-order valence-corrected chi connectivity index (χ4v) is 0.823. The van der Waals surface area contributed by atoms with Crippen LogP contribution in [0.25, 0.3) is 0 Å². The first-order chi connectivity index (χ1) is 6.15. The molecule has 0 aliphatic heterocycles. The molecule has 0 fully saturated rings. The van der Waals surface area contributed by atoms with Gasteiger partial charge in [-0.2, -0.15) is 0 Å². The first-order valence-electron chi connectivity index (χ1n) is 3.98. The summed E-state index contributed by atoms with van der Waals surface area (Å²) in [5.41, 5.74) is 0. The summed E-state index contributed by atoms with van der Waals surface area (Å²) in [6.07, 6.45) is 5.11. The zero-order valence-corrected chi connectivity index (χ0v) is 7.87. The fraction of sp³-hybridized carbons (Fsp3) is 0.556. The summed E-state index contributed by atoms with van der Waals surface area (Å²) >= 11 is 0. The zero-order valence-electron chi connectivity index (χ0n) is 7.87. The molecule has 0 rings (SSSR count). The van der Waals surface area contributed by atoms with E-state index in [1.54, 1.807) is 6.92 Å². The molecule has 1 amide bonds. The van der Waals surface area contributed by atoms with E-state index in [1.165, 1.54) is 12.0 Å². The number of amides is 1. The van der Waals surface area contributed by atoms with Gasteiger partial charge in [0, 0.05) is 13.1 Å². The molecule has 0 heterocycles. The highest BCUT2D eigenvalue weighted by Gasteiger charge is 2.10. The first kappa shape index (κ1) is 11.5. The molecule has 0 saturated heterocycles. The smallest absolute Gasteiger partial charge is 0.307 e. The molecule has 72 valence electrons. The van der Waals surface area contributed by atoms with E-state index in [0.29, 0.717) is 13.1 Å². The SMILES string of the molecule is C#CC(=O)N(CC)CCC(=O)OC. The number of terminal acetylenes is 1. The molecule has 0 aliphatic rings. The maximum atomic E-state index is 11.0. The van der Waals surface area contributed by atoms with Gasteiger partial charge < -0.3 is 9.64 Å². The predicted molar refractivity (Wildman–Crippen MR) is 47.7 cm³/mol. The zero-order chi connectivity index (χ0) is 10.3. The number of ether oxygens (including phenoxy) is 1. The van der Waals surface area contributed by atoms with Crippen LogP contribution in [0.2, 0.25) is 0 Å². The predicted octanol–water partition coefficient (Wildman–Crippen LogP) is 0.0312. The van der Waals surface area contributed by atoms with Crippen molar-refractivity contribution in [3.8, 4) is 12.3 Å². The highest BCUT2D eigenvalue weighted by atomic mass is 16.5. The minimum absolute atomic E-state index is 0.178. The van der Waals surface area contributed by atoms with Crippen LogP contribution in [-0.2, 0) is 14.3 Å². The van der Waals surface area contributed by atoms with Gasteiger partial charge in [0.25, 0.3) is 5.91 Å². The van der Waals surface area contributed by atoms with Crippen LogP contribution in [0.3, 0.4) is 0 Å². The van der Waals surface area contributed by atoms with E-state index in [1.807, 2.05) is 5.92 Å². The van der Waals surface area contributed by atoms with E-state index in [0.717, 1.165) is 0 Å². The fourth-order valence-electron chi connectivity index (χ4n) is 0.823. The molecule has 0 atom stereocenters. The molecule has 0 spiro atoms. The Bertz CT molecular complexity index is 230. The third-order valence-corrected chi connectivity index (χ3v) is 1.61. The van der Waals surface area contributed by atoms with Crippen molar-refractivity contribution in [2.24, 2.45) is 0 Å². The lowest BCUT2D eigenvalue weighted by molar-refractivity contribution is -0.141. The number of nitrogens with zero attached hydrogens (tertiary/aromatic N) is 1. The summed E-state index contributed by atoms with van der Waals surface area (Å²) in [5.74, 6) is 1.25. The molecule has 0 saturated carbocycles.